The lowest BCUT2D eigenvalue weighted by Crippen LogP contribution is -2.41. The van der Waals surface area contributed by atoms with Gasteiger partial charge in [0.1, 0.15) is 12.4 Å². The quantitative estimate of drug-likeness (QED) is 0.835. The number of benzene rings is 1. The normalized spacial score (nSPS) is 16.5. The minimum absolute atomic E-state index is 0.0768. The molecular weight excluding hydrogens is 269 g/mol. The highest BCUT2D eigenvalue weighted by atomic mass is 19.1. The Labute approximate surface area is 126 Å². The van der Waals surface area contributed by atoms with E-state index in [0.29, 0.717) is 5.92 Å². The number of carbonyl (C=O) groups excluding carboxylic acids is 1. The molecule has 4 heteroatoms. The van der Waals surface area contributed by atoms with E-state index in [-0.39, 0.29) is 24.4 Å². The van der Waals surface area contributed by atoms with Crippen molar-refractivity contribution in [3.8, 4) is 0 Å². The molecule has 21 heavy (non-hydrogen) atoms. The molecule has 1 aliphatic heterocycles. The first-order chi connectivity index (χ1) is 10.0. The maximum atomic E-state index is 13.2. The molecule has 1 fully saturated rings. The summed E-state index contributed by atoms with van der Waals surface area (Å²) in [5.41, 5.74) is 1.04. The van der Waals surface area contributed by atoms with E-state index in [9.17, 15) is 9.18 Å². The highest BCUT2D eigenvalue weighted by Gasteiger charge is 2.23. The van der Waals surface area contributed by atoms with E-state index < -0.39 is 0 Å². The van der Waals surface area contributed by atoms with Crippen LogP contribution in [-0.2, 0) is 16.0 Å². The largest absolute Gasteiger partial charge is 0.369 e. The SMILES string of the molecule is CC(C)OCC(=O)N1CCC(Cc2cccc(F)c2)CC1. The van der Waals surface area contributed by atoms with E-state index in [4.69, 9.17) is 4.74 Å². The Hall–Kier alpha value is -1.42. The van der Waals surface area contributed by atoms with Crippen molar-refractivity contribution < 1.29 is 13.9 Å². The van der Waals surface area contributed by atoms with Gasteiger partial charge in [-0.1, -0.05) is 12.1 Å². The van der Waals surface area contributed by atoms with Crippen LogP contribution in [0.25, 0.3) is 0 Å². The average Bonchev–Trinajstić information content (AvgIpc) is 2.45. The number of piperidine rings is 1. The van der Waals surface area contributed by atoms with E-state index in [1.165, 1.54) is 6.07 Å². The van der Waals surface area contributed by atoms with Gasteiger partial charge in [0.2, 0.25) is 5.91 Å². The molecule has 1 saturated heterocycles. The van der Waals surface area contributed by atoms with Crippen LogP contribution in [0.15, 0.2) is 24.3 Å². The summed E-state index contributed by atoms with van der Waals surface area (Å²) in [4.78, 5) is 13.8. The smallest absolute Gasteiger partial charge is 0.248 e. The monoisotopic (exact) mass is 293 g/mol. The minimum Gasteiger partial charge on any atom is -0.369 e. The Balaban J connectivity index is 1.76. The van der Waals surface area contributed by atoms with Gasteiger partial charge in [-0.2, -0.15) is 0 Å². The van der Waals surface area contributed by atoms with Crippen molar-refractivity contribution in [1.82, 2.24) is 4.90 Å². The lowest BCUT2D eigenvalue weighted by atomic mass is 9.90. The third kappa shape index (κ3) is 5.12. The number of rotatable bonds is 5. The second-order valence-electron chi connectivity index (χ2n) is 6.02. The van der Waals surface area contributed by atoms with Gasteiger partial charge in [0.15, 0.2) is 0 Å². The summed E-state index contributed by atoms with van der Waals surface area (Å²) in [7, 11) is 0. The maximum absolute atomic E-state index is 13.2. The van der Waals surface area contributed by atoms with Gasteiger partial charge in [-0.3, -0.25) is 4.79 Å². The Morgan fingerprint density at radius 1 is 1.38 bits per heavy atom. The molecule has 1 amide bonds. The van der Waals surface area contributed by atoms with Crippen molar-refractivity contribution in [3.63, 3.8) is 0 Å². The first kappa shape index (κ1) is 16.0. The van der Waals surface area contributed by atoms with Crippen LogP contribution in [0, 0.1) is 11.7 Å². The summed E-state index contributed by atoms with van der Waals surface area (Å²) >= 11 is 0. The molecule has 0 atom stereocenters. The van der Waals surface area contributed by atoms with E-state index >= 15 is 0 Å². The molecule has 116 valence electrons. The molecule has 0 spiro atoms. The van der Waals surface area contributed by atoms with Crippen LogP contribution >= 0.6 is 0 Å². The molecule has 1 aromatic carbocycles. The van der Waals surface area contributed by atoms with E-state index in [1.807, 2.05) is 24.8 Å². The molecule has 0 bridgehead atoms. The summed E-state index contributed by atoms with van der Waals surface area (Å²) in [5.74, 6) is 0.431. The zero-order valence-corrected chi connectivity index (χ0v) is 12.8. The predicted octanol–water partition coefficient (Wildman–Crippen LogP) is 3.03. The van der Waals surface area contributed by atoms with Crippen LogP contribution in [-0.4, -0.2) is 36.6 Å². The van der Waals surface area contributed by atoms with Gasteiger partial charge in [-0.15, -0.1) is 0 Å². The van der Waals surface area contributed by atoms with Gasteiger partial charge in [0.25, 0.3) is 0 Å². The number of hydrogen-bond donors (Lipinski definition) is 0. The maximum Gasteiger partial charge on any atom is 0.248 e. The van der Waals surface area contributed by atoms with E-state index in [1.54, 1.807) is 12.1 Å². The van der Waals surface area contributed by atoms with Gasteiger partial charge in [0.05, 0.1) is 6.10 Å². The molecule has 0 radical (unpaired) electrons. The summed E-state index contributed by atoms with van der Waals surface area (Å²) in [6, 6.07) is 6.80. The molecule has 1 heterocycles. The van der Waals surface area contributed by atoms with Gasteiger partial charge >= 0.3 is 0 Å². The third-order valence-corrected chi connectivity index (χ3v) is 3.92. The fraction of sp³-hybridized carbons (Fsp3) is 0.588. The number of likely N-dealkylation sites (tertiary alicyclic amines) is 1. The van der Waals surface area contributed by atoms with Crippen LogP contribution in [0.2, 0.25) is 0 Å². The van der Waals surface area contributed by atoms with E-state index in [2.05, 4.69) is 0 Å². The van der Waals surface area contributed by atoms with Crippen LogP contribution in [0.1, 0.15) is 32.3 Å². The Kier molecular flexibility index (Phi) is 5.74. The van der Waals surface area contributed by atoms with Crippen molar-refractivity contribution in [3.05, 3.63) is 35.6 Å². The van der Waals surface area contributed by atoms with Crippen LogP contribution in [0.4, 0.5) is 4.39 Å². The van der Waals surface area contributed by atoms with Crippen LogP contribution < -0.4 is 0 Å². The summed E-state index contributed by atoms with van der Waals surface area (Å²) in [6.07, 6.45) is 2.93. The Morgan fingerprint density at radius 2 is 2.10 bits per heavy atom. The molecule has 0 N–H and O–H groups in total. The summed E-state index contributed by atoms with van der Waals surface area (Å²) < 4.78 is 18.5. The molecule has 0 aromatic heterocycles. The molecule has 0 saturated carbocycles. The standard InChI is InChI=1S/C17H24FNO2/c1-13(2)21-12-17(20)19-8-6-14(7-9-19)10-15-4-3-5-16(18)11-15/h3-5,11,13-14H,6-10,12H2,1-2H3. The molecule has 1 aromatic rings. The van der Waals surface area contributed by atoms with Crippen LogP contribution in [0.3, 0.4) is 0 Å². The molecule has 0 aliphatic carbocycles. The number of nitrogens with zero attached hydrogens (tertiary/aromatic N) is 1. The highest BCUT2D eigenvalue weighted by Crippen LogP contribution is 2.22. The van der Waals surface area contributed by atoms with Crippen molar-refractivity contribution in [2.24, 2.45) is 5.92 Å². The molecular formula is C17H24FNO2. The van der Waals surface area contributed by atoms with Crippen molar-refractivity contribution in [2.45, 2.75) is 39.2 Å². The lowest BCUT2D eigenvalue weighted by Gasteiger charge is -2.32. The fourth-order valence-corrected chi connectivity index (χ4v) is 2.71. The zero-order chi connectivity index (χ0) is 15.2. The highest BCUT2D eigenvalue weighted by molar-refractivity contribution is 5.77. The van der Waals surface area contributed by atoms with Gasteiger partial charge in [-0.25, -0.2) is 4.39 Å². The van der Waals surface area contributed by atoms with Gasteiger partial charge in [0, 0.05) is 13.1 Å². The average molecular weight is 293 g/mol. The number of hydrogen-bond acceptors (Lipinski definition) is 2. The number of carbonyl (C=O) groups is 1. The Bertz CT molecular complexity index is 468. The van der Waals surface area contributed by atoms with Gasteiger partial charge in [-0.05, 0) is 56.7 Å². The number of amides is 1. The molecule has 1 aliphatic rings. The van der Waals surface area contributed by atoms with Crippen molar-refractivity contribution >= 4 is 5.91 Å². The van der Waals surface area contributed by atoms with E-state index in [0.717, 1.165) is 37.9 Å². The molecule has 3 nitrogen and oxygen atoms in total. The third-order valence-electron chi connectivity index (χ3n) is 3.92. The number of halogens is 1. The topological polar surface area (TPSA) is 29.5 Å². The summed E-state index contributed by atoms with van der Waals surface area (Å²) in [6.45, 7) is 5.59. The zero-order valence-electron chi connectivity index (χ0n) is 12.8. The van der Waals surface area contributed by atoms with Crippen molar-refractivity contribution in [2.75, 3.05) is 19.7 Å². The predicted molar refractivity (Wildman–Crippen MR) is 80.5 cm³/mol. The first-order valence-corrected chi connectivity index (χ1v) is 7.68. The van der Waals surface area contributed by atoms with Gasteiger partial charge < -0.3 is 9.64 Å². The first-order valence-electron chi connectivity index (χ1n) is 7.68. The second kappa shape index (κ2) is 7.55. The lowest BCUT2D eigenvalue weighted by molar-refractivity contribution is -0.139. The van der Waals surface area contributed by atoms with Crippen LogP contribution in [0.5, 0.6) is 0 Å². The second-order valence-corrected chi connectivity index (χ2v) is 6.02. The number of ether oxygens (including phenoxy) is 1. The minimum atomic E-state index is -0.175. The Morgan fingerprint density at radius 3 is 2.71 bits per heavy atom. The molecule has 2 rings (SSSR count). The molecule has 0 unspecified atom stereocenters. The fourth-order valence-electron chi connectivity index (χ4n) is 2.71. The summed E-state index contributed by atoms with van der Waals surface area (Å²) in [5, 5.41) is 0. The van der Waals surface area contributed by atoms with Crippen molar-refractivity contribution in [1.29, 1.82) is 0 Å².